The largest absolute Gasteiger partial charge is 0.456 e. The fourth-order valence-corrected chi connectivity index (χ4v) is 6.38. The first-order valence-corrected chi connectivity index (χ1v) is 13.6. The Kier molecular flexibility index (Phi) is 4.33. The highest BCUT2D eigenvalue weighted by Gasteiger charge is 2.16. The van der Waals surface area contributed by atoms with Gasteiger partial charge < -0.3 is 8.98 Å². The van der Waals surface area contributed by atoms with Crippen LogP contribution in [0.25, 0.3) is 82.4 Å². The van der Waals surface area contributed by atoms with Crippen molar-refractivity contribution in [1.29, 1.82) is 0 Å². The van der Waals surface area contributed by atoms with Gasteiger partial charge in [0.05, 0.1) is 22.2 Å². The van der Waals surface area contributed by atoms with E-state index in [9.17, 15) is 0 Å². The van der Waals surface area contributed by atoms with Crippen LogP contribution in [0.5, 0.6) is 0 Å². The molecule has 0 aliphatic rings. The summed E-state index contributed by atoms with van der Waals surface area (Å²) in [6.07, 6.45) is 0. The van der Waals surface area contributed by atoms with E-state index in [1.54, 1.807) is 0 Å². The van der Waals surface area contributed by atoms with Gasteiger partial charge in [0.2, 0.25) is 0 Å². The maximum absolute atomic E-state index is 6.11. The van der Waals surface area contributed by atoms with Crippen molar-refractivity contribution in [3.63, 3.8) is 0 Å². The Morgan fingerprint density at radius 1 is 0.450 bits per heavy atom. The summed E-state index contributed by atoms with van der Waals surface area (Å²) in [6.45, 7) is 0. The summed E-state index contributed by atoms with van der Waals surface area (Å²) < 4.78 is 8.48. The molecule has 40 heavy (non-hydrogen) atoms. The molecule has 0 saturated heterocycles. The first-order chi connectivity index (χ1) is 19.8. The minimum Gasteiger partial charge on any atom is -0.456 e. The van der Waals surface area contributed by atoms with Gasteiger partial charge in [-0.2, -0.15) is 0 Å². The van der Waals surface area contributed by atoms with E-state index in [1.165, 1.54) is 38.0 Å². The first-order valence-electron chi connectivity index (χ1n) is 13.6. The Labute approximate surface area is 229 Å². The molecule has 0 N–H and O–H groups in total. The zero-order chi connectivity index (χ0) is 26.2. The van der Waals surface area contributed by atoms with Gasteiger partial charge in [-0.25, -0.2) is 4.98 Å². The molecule has 9 aromatic rings. The number of para-hydroxylation sites is 3. The highest BCUT2D eigenvalue weighted by Crippen LogP contribution is 2.39. The molecule has 0 fully saturated rings. The van der Waals surface area contributed by atoms with Crippen LogP contribution in [0.4, 0.5) is 0 Å². The van der Waals surface area contributed by atoms with Crippen molar-refractivity contribution < 1.29 is 4.42 Å². The van der Waals surface area contributed by atoms with E-state index in [0.717, 1.165) is 44.4 Å². The quantitative estimate of drug-likeness (QED) is 0.217. The summed E-state index contributed by atoms with van der Waals surface area (Å²) in [7, 11) is 0. The molecule has 3 aromatic heterocycles. The standard InChI is InChI=1S/C37H22N2O/c1-2-13-29-25(9-1)26-10-3-6-14-32(26)38-37(29)23-17-19-34-30(21-23)27-11-4-7-15-33(27)39(34)24-18-20-36-31(22-24)28-12-5-8-16-35(28)40-36/h1-22H. The minimum absolute atomic E-state index is 0.905. The van der Waals surface area contributed by atoms with Gasteiger partial charge in [-0.3, -0.25) is 0 Å². The monoisotopic (exact) mass is 510 g/mol. The Morgan fingerprint density at radius 3 is 2.02 bits per heavy atom. The van der Waals surface area contributed by atoms with Crippen LogP contribution < -0.4 is 0 Å². The average Bonchev–Trinajstić information content (AvgIpc) is 3.55. The van der Waals surface area contributed by atoms with Gasteiger partial charge in [0.1, 0.15) is 11.2 Å². The van der Waals surface area contributed by atoms with Crippen LogP contribution >= 0.6 is 0 Å². The predicted molar refractivity (Wildman–Crippen MR) is 166 cm³/mol. The highest BCUT2D eigenvalue weighted by molar-refractivity contribution is 6.14. The van der Waals surface area contributed by atoms with Crippen LogP contribution in [0.3, 0.4) is 0 Å². The molecule has 3 heteroatoms. The van der Waals surface area contributed by atoms with Crippen LogP contribution in [0.1, 0.15) is 0 Å². The molecule has 0 aliphatic carbocycles. The summed E-state index contributed by atoms with van der Waals surface area (Å²) in [5.74, 6) is 0. The van der Waals surface area contributed by atoms with E-state index in [2.05, 4.69) is 126 Å². The SMILES string of the molecule is c1ccc2c(c1)nc(-c1ccc3c(c1)c1ccccc1n3-c1ccc3oc4ccccc4c3c1)c1ccccc12. The van der Waals surface area contributed by atoms with E-state index in [-0.39, 0.29) is 0 Å². The van der Waals surface area contributed by atoms with Gasteiger partial charge in [-0.05, 0) is 53.9 Å². The van der Waals surface area contributed by atoms with Gasteiger partial charge >= 0.3 is 0 Å². The number of fused-ring (bicyclic) bond motifs is 9. The summed E-state index contributed by atoms with van der Waals surface area (Å²) >= 11 is 0. The number of hydrogen-bond donors (Lipinski definition) is 0. The van der Waals surface area contributed by atoms with Crippen molar-refractivity contribution in [2.24, 2.45) is 0 Å². The average molecular weight is 511 g/mol. The maximum Gasteiger partial charge on any atom is 0.135 e. The summed E-state index contributed by atoms with van der Waals surface area (Å²) in [5, 5.41) is 8.28. The second kappa shape index (κ2) is 8.05. The molecular formula is C37H22N2O. The third-order valence-electron chi connectivity index (χ3n) is 8.17. The zero-order valence-corrected chi connectivity index (χ0v) is 21.5. The second-order valence-electron chi connectivity index (χ2n) is 10.4. The molecule has 0 aliphatic heterocycles. The molecule has 3 heterocycles. The van der Waals surface area contributed by atoms with Crippen LogP contribution in [0.2, 0.25) is 0 Å². The number of benzene rings is 6. The fourth-order valence-electron chi connectivity index (χ4n) is 6.38. The lowest BCUT2D eigenvalue weighted by molar-refractivity contribution is 0.669. The van der Waals surface area contributed by atoms with E-state index >= 15 is 0 Å². The molecule has 3 nitrogen and oxygen atoms in total. The first kappa shape index (κ1) is 21.5. The third kappa shape index (κ3) is 2.97. The molecule has 0 bridgehead atoms. The molecule has 0 unspecified atom stereocenters. The number of pyridine rings is 1. The fraction of sp³-hybridized carbons (Fsp3) is 0. The highest BCUT2D eigenvalue weighted by atomic mass is 16.3. The zero-order valence-electron chi connectivity index (χ0n) is 21.5. The number of hydrogen-bond acceptors (Lipinski definition) is 2. The summed E-state index contributed by atoms with van der Waals surface area (Å²) in [4.78, 5) is 5.17. The Balaban J connectivity index is 1.32. The molecule has 186 valence electrons. The van der Waals surface area contributed by atoms with Gasteiger partial charge in [-0.1, -0.05) is 84.9 Å². The molecule has 9 rings (SSSR count). The van der Waals surface area contributed by atoms with Crippen LogP contribution in [-0.2, 0) is 0 Å². The lowest BCUT2D eigenvalue weighted by Crippen LogP contribution is -1.94. The number of aromatic nitrogens is 2. The molecular weight excluding hydrogens is 488 g/mol. The number of furan rings is 1. The van der Waals surface area contributed by atoms with Crippen molar-refractivity contribution in [2.45, 2.75) is 0 Å². The molecule has 0 amide bonds. The van der Waals surface area contributed by atoms with Gasteiger partial charge in [0.15, 0.2) is 0 Å². The molecule has 6 aromatic carbocycles. The minimum atomic E-state index is 0.905. The molecule has 0 radical (unpaired) electrons. The van der Waals surface area contributed by atoms with Crippen LogP contribution in [0.15, 0.2) is 138 Å². The summed E-state index contributed by atoms with van der Waals surface area (Å²) in [5.41, 5.74) is 8.43. The van der Waals surface area contributed by atoms with E-state index in [4.69, 9.17) is 9.40 Å². The lowest BCUT2D eigenvalue weighted by atomic mass is 9.99. The van der Waals surface area contributed by atoms with Crippen molar-refractivity contribution in [3.05, 3.63) is 133 Å². The van der Waals surface area contributed by atoms with Gasteiger partial charge in [0, 0.05) is 43.6 Å². The van der Waals surface area contributed by atoms with Gasteiger partial charge in [-0.15, -0.1) is 0 Å². The van der Waals surface area contributed by atoms with Crippen molar-refractivity contribution >= 4 is 65.4 Å². The van der Waals surface area contributed by atoms with E-state index < -0.39 is 0 Å². The lowest BCUT2D eigenvalue weighted by Gasteiger charge is -2.11. The van der Waals surface area contributed by atoms with Crippen molar-refractivity contribution in [1.82, 2.24) is 9.55 Å². The Morgan fingerprint density at radius 2 is 1.12 bits per heavy atom. The van der Waals surface area contributed by atoms with Crippen molar-refractivity contribution in [2.75, 3.05) is 0 Å². The smallest absolute Gasteiger partial charge is 0.135 e. The third-order valence-corrected chi connectivity index (χ3v) is 8.17. The maximum atomic E-state index is 6.11. The second-order valence-corrected chi connectivity index (χ2v) is 10.4. The molecule has 0 atom stereocenters. The predicted octanol–water partition coefficient (Wildman–Crippen LogP) is 10.1. The summed E-state index contributed by atoms with van der Waals surface area (Å²) in [6, 6.07) is 47.2. The molecule has 0 spiro atoms. The van der Waals surface area contributed by atoms with Crippen LogP contribution in [-0.4, -0.2) is 9.55 Å². The number of rotatable bonds is 2. The van der Waals surface area contributed by atoms with Gasteiger partial charge in [0.25, 0.3) is 0 Å². The van der Waals surface area contributed by atoms with E-state index in [1.807, 2.05) is 12.1 Å². The van der Waals surface area contributed by atoms with Crippen LogP contribution in [0, 0.1) is 0 Å². The molecule has 0 saturated carbocycles. The van der Waals surface area contributed by atoms with Crippen molar-refractivity contribution in [3.8, 4) is 16.9 Å². The topological polar surface area (TPSA) is 31.0 Å². The Hall–Kier alpha value is -5.41. The van der Waals surface area contributed by atoms with E-state index in [0.29, 0.717) is 0 Å². The normalized spacial score (nSPS) is 12.0. The number of nitrogens with zero attached hydrogens (tertiary/aromatic N) is 2. The Bertz CT molecular complexity index is 2440.